The number of ether oxygens (including phenoxy) is 1. The SMILES string of the molecule is CN(C)[C@@H]1[C@@H](O)[C@H](Oc2ccccc2)C[C@H]1NC(=O)c1cscn1. The molecule has 0 unspecified atom stereocenters. The van der Waals surface area contributed by atoms with Crippen molar-refractivity contribution in [3.63, 3.8) is 0 Å². The first-order valence-corrected chi connectivity index (χ1v) is 8.76. The molecule has 0 radical (unpaired) electrons. The van der Waals surface area contributed by atoms with E-state index < -0.39 is 6.10 Å². The molecular formula is C17H21N3O3S. The average Bonchev–Trinajstić information content (AvgIpc) is 3.18. The summed E-state index contributed by atoms with van der Waals surface area (Å²) in [6.07, 6.45) is -0.532. The maximum absolute atomic E-state index is 12.3. The smallest absolute Gasteiger partial charge is 0.271 e. The van der Waals surface area contributed by atoms with Crippen molar-refractivity contribution in [1.29, 1.82) is 0 Å². The first kappa shape index (κ1) is 16.9. The van der Waals surface area contributed by atoms with Gasteiger partial charge >= 0.3 is 0 Å². The van der Waals surface area contributed by atoms with E-state index in [9.17, 15) is 9.90 Å². The van der Waals surface area contributed by atoms with Gasteiger partial charge in [0, 0.05) is 11.8 Å². The number of carbonyl (C=O) groups excluding carboxylic acids is 1. The van der Waals surface area contributed by atoms with Crippen LogP contribution < -0.4 is 10.1 Å². The summed E-state index contributed by atoms with van der Waals surface area (Å²) in [5.41, 5.74) is 2.03. The highest BCUT2D eigenvalue weighted by molar-refractivity contribution is 7.07. The lowest BCUT2D eigenvalue weighted by Crippen LogP contribution is -2.50. The number of thiazole rings is 1. The third-order valence-electron chi connectivity index (χ3n) is 4.24. The fraction of sp³-hybridized carbons (Fsp3) is 0.412. The van der Waals surface area contributed by atoms with Gasteiger partial charge in [0.25, 0.3) is 5.91 Å². The summed E-state index contributed by atoms with van der Waals surface area (Å²) in [7, 11) is 3.78. The Morgan fingerprint density at radius 2 is 2.12 bits per heavy atom. The second kappa shape index (κ2) is 7.29. The molecule has 0 spiro atoms. The van der Waals surface area contributed by atoms with Gasteiger partial charge in [0.15, 0.2) is 0 Å². The highest BCUT2D eigenvalue weighted by Gasteiger charge is 2.45. The van der Waals surface area contributed by atoms with Crippen molar-refractivity contribution >= 4 is 17.2 Å². The van der Waals surface area contributed by atoms with E-state index in [4.69, 9.17) is 4.74 Å². The molecule has 1 amide bonds. The number of carbonyl (C=O) groups is 1. The molecule has 0 bridgehead atoms. The number of hydrogen-bond acceptors (Lipinski definition) is 6. The van der Waals surface area contributed by atoms with Crippen molar-refractivity contribution in [3.05, 3.63) is 46.9 Å². The minimum absolute atomic E-state index is 0.210. The number of aliphatic hydroxyl groups excluding tert-OH is 1. The van der Waals surface area contributed by atoms with Crippen LogP contribution >= 0.6 is 11.3 Å². The molecular weight excluding hydrogens is 326 g/mol. The summed E-state index contributed by atoms with van der Waals surface area (Å²) < 4.78 is 5.93. The van der Waals surface area contributed by atoms with Gasteiger partial charge in [0.1, 0.15) is 23.7 Å². The fourth-order valence-electron chi connectivity index (χ4n) is 3.16. The minimum atomic E-state index is -0.694. The van der Waals surface area contributed by atoms with Gasteiger partial charge in [-0.15, -0.1) is 11.3 Å². The van der Waals surface area contributed by atoms with Crippen LogP contribution in [0, 0.1) is 0 Å². The number of para-hydroxylation sites is 1. The Balaban J connectivity index is 1.72. The lowest BCUT2D eigenvalue weighted by molar-refractivity contribution is 0.0210. The maximum Gasteiger partial charge on any atom is 0.271 e. The van der Waals surface area contributed by atoms with Crippen LogP contribution in [0.2, 0.25) is 0 Å². The standard InChI is InChI=1S/C17H21N3O3S/c1-20(2)15-12(19-17(22)13-9-24-10-18-13)8-14(16(15)21)23-11-6-4-3-5-7-11/h3-7,9-10,12,14-16,21H,8H2,1-2H3,(H,19,22)/t12-,14-,15+,16+/m1/s1. The second-order valence-corrected chi connectivity index (χ2v) is 6.82. The number of rotatable bonds is 5. The molecule has 24 heavy (non-hydrogen) atoms. The second-order valence-electron chi connectivity index (χ2n) is 6.10. The van der Waals surface area contributed by atoms with Crippen LogP contribution in [0.1, 0.15) is 16.9 Å². The van der Waals surface area contributed by atoms with Gasteiger partial charge in [-0.25, -0.2) is 4.98 Å². The van der Waals surface area contributed by atoms with Gasteiger partial charge in [-0.05, 0) is 26.2 Å². The molecule has 1 aliphatic rings. The summed E-state index contributed by atoms with van der Waals surface area (Å²) in [5, 5.41) is 15.4. The Kier molecular flexibility index (Phi) is 5.13. The van der Waals surface area contributed by atoms with Crippen molar-refractivity contribution < 1.29 is 14.6 Å². The van der Waals surface area contributed by atoms with Crippen LogP contribution in [0.5, 0.6) is 5.75 Å². The zero-order chi connectivity index (χ0) is 17.1. The van der Waals surface area contributed by atoms with Crippen LogP contribution in [-0.2, 0) is 0 Å². The quantitative estimate of drug-likeness (QED) is 0.855. The van der Waals surface area contributed by atoms with Crippen LogP contribution in [0.25, 0.3) is 0 Å². The lowest BCUT2D eigenvalue weighted by Gasteiger charge is -2.29. The van der Waals surface area contributed by atoms with E-state index >= 15 is 0 Å². The highest BCUT2D eigenvalue weighted by atomic mass is 32.1. The predicted octanol–water partition coefficient (Wildman–Crippen LogP) is 1.38. The molecule has 2 N–H and O–H groups in total. The number of benzene rings is 1. The Bertz CT molecular complexity index is 663. The molecule has 1 aromatic carbocycles. The van der Waals surface area contributed by atoms with E-state index in [1.807, 2.05) is 49.3 Å². The third kappa shape index (κ3) is 3.58. The highest BCUT2D eigenvalue weighted by Crippen LogP contribution is 2.28. The average molecular weight is 347 g/mol. The molecule has 7 heteroatoms. The largest absolute Gasteiger partial charge is 0.488 e. The number of nitrogens with zero attached hydrogens (tertiary/aromatic N) is 2. The van der Waals surface area contributed by atoms with Crippen molar-refractivity contribution in [1.82, 2.24) is 15.2 Å². The molecule has 2 aromatic rings. The number of aliphatic hydroxyl groups is 1. The van der Waals surface area contributed by atoms with Crippen molar-refractivity contribution in [3.8, 4) is 5.75 Å². The molecule has 0 aliphatic heterocycles. The molecule has 4 atom stereocenters. The molecule has 1 aromatic heterocycles. The van der Waals surface area contributed by atoms with E-state index in [-0.39, 0.29) is 24.1 Å². The molecule has 3 rings (SSSR count). The molecule has 6 nitrogen and oxygen atoms in total. The minimum Gasteiger partial charge on any atom is -0.488 e. The molecule has 1 fully saturated rings. The summed E-state index contributed by atoms with van der Waals surface area (Å²) in [4.78, 5) is 18.2. The summed E-state index contributed by atoms with van der Waals surface area (Å²) in [5.74, 6) is 0.492. The number of amides is 1. The van der Waals surface area contributed by atoms with Gasteiger partial charge in [-0.3, -0.25) is 4.79 Å². The molecule has 1 aliphatic carbocycles. The Hall–Kier alpha value is -1.96. The summed E-state index contributed by atoms with van der Waals surface area (Å²) >= 11 is 1.38. The molecule has 0 saturated heterocycles. The fourth-order valence-corrected chi connectivity index (χ4v) is 3.69. The van der Waals surface area contributed by atoms with Gasteiger partial charge in [0.2, 0.25) is 0 Å². The molecule has 1 saturated carbocycles. The zero-order valence-corrected chi connectivity index (χ0v) is 14.4. The summed E-state index contributed by atoms with van der Waals surface area (Å²) in [6, 6.07) is 8.98. The van der Waals surface area contributed by atoms with Crippen LogP contribution in [0.3, 0.4) is 0 Å². The molecule has 1 heterocycles. The first-order chi connectivity index (χ1) is 11.6. The number of nitrogens with one attached hydrogen (secondary N) is 1. The van der Waals surface area contributed by atoms with E-state index in [1.54, 1.807) is 10.9 Å². The number of hydrogen-bond donors (Lipinski definition) is 2. The Morgan fingerprint density at radius 1 is 1.38 bits per heavy atom. The van der Waals surface area contributed by atoms with Crippen LogP contribution in [-0.4, -0.2) is 59.3 Å². The van der Waals surface area contributed by atoms with E-state index in [2.05, 4.69) is 10.3 Å². The Labute approximate surface area is 145 Å². The van der Waals surface area contributed by atoms with Gasteiger partial charge in [-0.2, -0.15) is 0 Å². The normalized spacial score (nSPS) is 26.5. The monoisotopic (exact) mass is 347 g/mol. The van der Waals surface area contributed by atoms with Crippen molar-refractivity contribution in [2.24, 2.45) is 0 Å². The molecule has 128 valence electrons. The van der Waals surface area contributed by atoms with Crippen molar-refractivity contribution in [2.75, 3.05) is 14.1 Å². The van der Waals surface area contributed by atoms with Crippen LogP contribution in [0.15, 0.2) is 41.2 Å². The Morgan fingerprint density at radius 3 is 2.75 bits per heavy atom. The maximum atomic E-state index is 12.3. The predicted molar refractivity (Wildman–Crippen MR) is 92.3 cm³/mol. The van der Waals surface area contributed by atoms with Gasteiger partial charge in [-0.1, -0.05) is 18.2 Å². The van der Waals surface area contributed by atoms with Crippen LogP contribution in [0.4, 0.5) is 0 Å². The number of likely N-dealkylation sites (N-methyl/N-ethyl adjacent to an activating group) is 1. The zero-order valence-electron chi connectivity index (χ0n) is 13.6. The van der Waals surface area contributed by atoms with E-state index in [0.717, 1.165) is 0 Å². The number of aromatic nitrogens is 1. The lowest BCUT2D eigenvalue weighted by atomic mass is 10.1. The van der Waals surface area contributed by atoms with E-state index in [0.29, 0.717) is 17.9 Å². The first-order valence-electron chi connectivity index (χ1n) is 7.81. The van der Waals surface area contributed by atoms with E-state index in [1.165, 1.54) is 11.3 Å². The summed E-state index contributed by atoms with van der Waals surface area (Å²) in [6.45, 7) is 0. The van der Waals surface area contributed by atoms with Gasteiger partial charge < -0.3 is 20.1 Å². The van der Waals surface area contributed by atoms with Crippen molar-refractivity contribution in [2.45, 2.75) is 30.7 Å². The van der Waals surface area contributed by atoms with Gasteiger partial charge in [0.05, 0.1) is 17.6 Å². The topological polar surface area (TPSA) is 74.7 Å². The third-order valence-corrected chi connectivity index (χ3v) is 4.82.